The Hall–Kier alpha value is -1.64. The largest absolute Gasteiger partial charge is 0.423 e. The summed E-state index contributed by atoms with van der Waals surface area (Å²) in [6, 6.07) is 6.47. The second kappa shape index (κ2) is 7.29. The van der Waals surface area contributed by atoms with Crippen molar-refractivity contribution < 1.29 is 27.8 Å². The highest BCUT2D eigenvalue weighted by Gasteiger charge is 2.55. The number of benzene rings is 1. The van der Waals surface area contributed by atoms with Crippen molar-refractivity contribution in [3.05, 3.63) is 35.9 Å². The number of halogens is 3. The third kappa shape index (κ3) is 4.43. The fourth-order valence-corrected chi connectivity index (χ4v) is 2.35. The summed E-state index contributed by atoms with van der Waals surface area (Å²) < 4.78 is 45.0. The van der Waals surface area contributed by atoms with E-state index < -0.39 is 24.2 Å². The summed E-state index contributed by atoms with van der Waals surface area (Å²) in [6.45, 7) is 0.525. The summed E-state index contributed by atoms with van der Waals surface area (Å²) in [5.74, 6) is -0.577. The SMILES string of the molecule is O=C(CC1COCCN1)NCC(O)(c1ccccc1)C(F)(F)F. The fraction of sp³-hybridized carbons (Fsp3) is 0.533. The van der Waals surface area contributed by atoms with Gasteiger partial charge in [-0.1, -0.05) is 30.3 Å². The Morgan fingerprint density at radius 3 is 2.61 bits per heavy atom. The van der Waals surface area contributed by atoms with Crippen LogP contribution >= 0.6 is 0 Å². The first-order valence-corrected chi connectivity index (χ1v) is 7.25. The van der Waals surface area contributed by atoms with Gasteiger partial charge in [0.25, 0.3) is 0 Å². The Bertz CT molecular complexity index is 518. The maximum atomic E-state index is 13.3. The molecule has 5 nitrogen and oxygen atoms in total. The van der Waals surface area contributed by atoms with Crippen molar-refractivity contribution in [2.75, 3.05) is 26.3 Å². The van der Waals surface area contributed by atoms with Gasteiger partial charge in [-0.3, -0.25) is 4.79 Å². The molecule has 1 aromatic rings. The Morgan fingerprint density at radius 1 is 1.35 bits per heavy atom. The van der Waals surface area contributed by atoms with Gasteiger partial charge in [0.05, 0.1) is 19.8 Å². The minimum atomic E-state index is -4.91. The summed E-state index contributed by atoms with van der Waals surface area (Å²) in [4.78, 5) is 11.8. The predicted octanol–water partition coefficient (Wildman–Crippen LogP) is 0.931. The zero-order valence-electron chi connectivity index (χ0n) is 12.4. The highest BCUT2D eigenvalue weighted by molar-refractivity contribution is 5.76. The molecular weight excluding hydrogens is 313 g/mol. The van der Waals surface area contributed by atoms with Crippen molar-refractivity contribution in [1.82, 2.24) is 10.6 Å². The van der Waals surface area contributed by atoms with E-state index in [1.165, 1.54) is 24.3 Å². The number of aliphatic hydroxyl groups is 1. The lowest BCUT2D eigenvalue weighted by Gasteiger charge is -2.31. The Morgan fingerprint density at radius 2 is 2.04 bits per heavy atom. The number of hydrogen-bond acceptors (Lipinski definition) is 4. The molecule has 0 spiro atoms. The van der Waals surface area contributed by atoms with Gasteiger partial charge in [-0.05, 0) is 5.56 Å². The summed E-state index contributed by atoms with van der Waals surface area (Å²) in [5, 5.41) is 15.3. The van der Waals surface area contributed by atoms with E-state index in [1.54, 1.807) is 6.07 Å². The van der Waals surface area contributed by atoms with E-state index >= 15 is 0 Å². The third-order valence-corrected chi connectivity index (χ3v) is 3.69. The fourth-order valence-electron chi connectivity index (χ4n) is 2.35. The number of ether oxygens (including phenoxy) is 1. The molecule has 0 aliphatic carbocycles. The van der Waals surface area contributed by atoms with Crippen molar-refractivity contribution in [3.8, 4) is 0 Å². The molecule has 1 aliphatic rings. The molecule has 1 fully saturated rings. The molecule has 0 bridgehead atoms. The van der Waals surface area contributed by atoms with Crippen LogP contribution in [-0.2, 0) is 15.1 Å². The van der Waals surface area contributed by atoms with Crippen LogP contribution < -0.4 is 10.6 Å². The molecule has 2 atom stereocenters. The van der Waals surface area contributed by atoms with Crippen LogP contribution in [0.4, 0.5) is 13.2 Å². The maximum absolute atomic E-state index is 13.3. The van der Waals surface area contributed by atoms with Gasteiger partial charge in [-0.2, -0.15) is 13.2 Å². The normalized spacial score (nSPS) is 21.5. The minimum absolute atomic E-state index is 0.0112. The molecule has 1 amide bonds. The van der Waals surface area contributed by atoms with E-state index in [9.17, 15) is 23.1 Å². The Labute approximate surface area is 131 Å². The molecule has 8 heteroatoms. The summed E-state index contributed by atoms with van der Waals surface area (Å²) in [5.41, 5.74) is -3.44. The second-order valence-electron chi connectivity index (χ2n) is 5.43. The zero-order chi connectivity index (χ0) is 16.9. The van der Waals surface area contributed by atoms with Crippen LogP contribution in [0.15, 0.2) is 30.3 Å². The van der Waals surface area contributed by atoms with Gasteiger partial charge in [0, 0.05) is 19.0 Å². The smallest absolute Gasteiger partial charge is 0.378 e. The quantitative estimate of drug-likeness (QED) is 0.750. The summed E-state index contributed by atoms with van der Waals surface area (Å²) in [7, 11) is 0. The molecule has 1 heterocycles. The minimum Gasteiger partial charge on any atom is -0.378 e. The number of amides is 1. The van der Waals surface area contributed by atoms with Gasteiger partial charge in [-0.25, -0.2) is 0 Å². The monoisotopic (exact) mass is 332 g/mol. The average Bonchev–Trinajstić information content (AvgIpc) is 2.53. The number of alkyl halides is 3. The number of rotatable bonds is 5. The predicted molar refractivity (Wildman–Crippen MR) is 76.6 cm³/mol. The van der Waals surface area contributed by atoms with Crippen LogP contribution in [-0.4, -0.2) is 49.5 Å². The second-order valence-corrected chi connectivity index (χ2v) is 5.43. The van der Waals surface area contributed by atoms with Crippen LogP contribution in [0.2, 0.25) is 0 Å². The standard InChI is InChI=1S/C15H19F3N2O3/c16-15(17,18)14(22,11-4-2-1-3-5-11)10-20-13(21)8-12-9-23-7-6-19-12/h1-5,12,19,22H,6-10H2,(H,20,21). The lowest BCUT2D eigenvalue weighted by molar-refractivity contribution is -0.264. The van der Waals surface area contributed by atoms with Crippen LogP contribution in [0.3, 0.4) is 0 Å². The van der Waals surface area contributed by atoms with Gasteiger partial charge >= 0.3 is 6.18 Å². The molecule has 0 radical (unpaired) electrons. The molecule has 1 aromatic carbocycles. The van der Waals surface area contributed by atoms with E-state index in [0.717, 1.165) is 0 Å². The molecule has 23 heavy (non-hydrogen) atoms. The molecule has 2 unspecified atom stereocenters. The molecule has 0 aromatic heterocycles. The third-order valence-electron chi connectivity index (χ3n) is 3.69. The topological polar surface area (TPSA) is 70.6 Å². The average molecular weight is 332 g/mol. The van der Waals surface area contributed by atoms with E-state index in [2.05, 4.69) is 10.6 Å². The number of carbonyl (C=O) groups is 1. The molecule has 3 N–H and O–H groups in total. The van der Waals surface area contributed by atoms with Gasteiger partial charge in [0.1, 0.15) is 0 Å². The highest BCUT2D eigenvalue weighted by Crippen LogP contribution is 2.38. The molecule has 128 valence electrons. The van der Waals surface area contributed by atoms with E-state index in [1.807, 2.05) is 0 Å². The molecule has 1 aliphatic heterocycles. The highest BCUT2D eigenvalue weighted by atomic mass is 19.4. The number of carbonyl (C=O) groups excluding carboxylic acids is 1. The van der Waals surface area contributed by atoms with Crippen molar-refractivity contribution >= 4 is 5.91 Å². The van der Waals surface area contributed by atoms with E-state index in [4.69, 9.17) is 4.74 Å². The first kappa shape index (κ1) is 17.7. The van der Waals surface area contributed by atoms with Gasteiger partial charge in [0.2, 0.25) is 11.5 Å². The number of morpholine rings is 1. The van der Waals surface area contributed by atoms with Crippen molar-refractivity contribution in [1.29, 1.82) is 0 Å². The van der Waals surface area contributed by atoms with E-state index in [-0.39, 0.29) is 18.0 Å². The molecular formula is C15H19F3N2O3. The Kier molecular flexibility index (Phi) is 5.61. The lowest BCUT2D eigenvalue weighted by Crippen LogP contribution is -2.52. The van der Waals surface area contributed by atoms with Crippen LogP contribution in [0.1, 0.15) is 12.0 Å². The molecule has 1 saturated heterocycles. The summed E-state index contributed by atoms with van der Waals surface area (Å²) >= 11 is 0. The molecule has 2 rings (SSSR count). The van der Waals surface area contributed by atoms with Crippen molar-refractivity contribution in [2.24, 2.45) is 0 Å². The van der Waals surface area contributed by atoms with Gasteiger partial charge in [-0.15, -0.1) is 0 Å². The number of nitrogens with one attached hydrogen (secondary N) is 2. The van der Waals surface area contributed by atoms with Crippen molar-refractivity contribution in [3.63, 3.8) is 0 Å². The van der Waals surface area contributed by atoms with Crippen LogP contribution in [0, 0.1) is 0 Å². The first-order valence-electron chi connectivity index (χ1n) is 7.25. The summed E-state index contributed by atoms with van der Waals surface area (Å²) in [6.07, 6.45) is -4.92. The maximum Gasteiger partial charge on any atom is 0.423 e. The van der Waals surface area contributed by atoms with Crippen LogP contribution in [0.25, 0.3) is 0 Å². The first-order chi connectivity index (χ1) is 10.8. The Balaban J connectivity index is 2.00. The van der Waals surface area contributed by atoms with Crippen molar-refractivity contribution in [2.45, 2.75) is 24.2 Å². The van der Waals surface area contributed by atoms with E-state index in [0.29, 0.717) is 19.8 Å². The van der Waals surface area contributed by atoms with Gasteiger partial charge < -0.3 is 20.5 Å². The van der Waals surface area contributed by atoms with Crippen LogP contribution in [0.5, 0.6) is 0 Å². The molecule has 0 saturated carbocycles. The number of hydrogen-bond donors (Lipinski definition) is 3. The van der Waals surface area contributed by atoms with Gasteiger partial charge in [0.15, 0.2) is 0 Å². The lowest BCUT2D eigenvalue weighted by atomic mass is 9.93. The zero-order valence-corrected chi connectivity index (χ0v) is 12.4.